The van der Waals surface area contributed by atoms with Gasteiger partial charge in [-0.2, -0.15) is 10.5 Å². The van der Waals surface area contributed by atoms with E-state index >= 15 is 0 Å². The highest BCUT2D eigenvalue weighted by atomic mass is 16.5. The number of para-hydroxylation sites is 2. The summed E-state index contributed by atoms with van der Waals surface area (Å²) < 4.78 is 11.1. The molecule has 11 aromatic carbocycles. The van der Waals surface area contributed by atoms with E-state index in [1.165, 1.54) is 33.6 Å². The summed E-state index contributed by atoms with van der Waals surface area (Å²) in [4.78, 5) is 15.1. The molecule has 400 valence electrons. The standard InChI is InChI=1S/C76H54N6O2/c1-75(2)61-11-7-9-13-67(61)81(53-25-29-55(83-5)30-26-53)69-37-23-49(39-63(69)75)45-15-19-47(20-16-45)57-33-35-59-72-60(74-73(59)79-65-41-51(43-77)52(44-78)42-66(65)80-74)36-34-58(71(57)72)48-21-17-46(18-22-48)50-24-38-70-64(40-50)76(3,4)62-12-8-10-14-68(62)82(70)54-27-31-56(84-6)32-28-54/h7-42H,1-6H3. The third kappa shape index (κ3) is 7.58. The van der Waals surface area contributed by atoms with Crippen LogP contribution in [0.5, 0.6) is 11.5 Å². The molecule has 0 saturated heterocycles. The smallest absolute Gasteiger partial charge is 0.119 e. The second-order valence-electron chi connectivity index (χ2n) is 23.1. The first-order chi connectivity index (χ1) is 40.9. The lowest BCUT2D eigenvalue weighted by molar-refractivity contribution is 0.414. The Morgan fingerprint density at radius 3 is 1.10 bits per heavy atom. The fourth-order valence-corrected chi connectivity index (χ4v) is 13.5. The minimum absolute atomic E-state index is 0.266. The lowest BCUT2D eigenvalue weighted by atomic mass is 9.73. The molecule has 1 aliphatic carbocycles. The van der Waals surface area contributed by atoms with Crippen molar-refractivity contribution in [2.45, 2.75) is 38.5 Å². The molecule has 8 nitrogen and oxygen atoms in total. The van der Waals surface area contributed by atoms with Crippen molar-refractivity contribution in [3.63, 3.8) is 0 Å². The summed E-state index contributed by atoms with van der Waals surface area (Å²) in [6, 6.07) is 82.4. The van der Waals surface area contributed by atoms with E-state index in [4.69, 9.17) is 19.4 Å². The number of hydrogen-bond acceptors (Lipinski definition) is 8. The van der Waals surface area contributed by atoms with Crippen LogP contribution in [0.15, 0.2) is 218 Å². The van der Waals surface area contributed by atoms with Crippen molar-refractivity contribution in [3.8, 4) is 90.7 Å². The van der Waals surface area contributed by atoms with Crippen LogP contribution in [0, 0.1) is 22.7 Å². The first kappa shape index (κ1) is 50.2. The third-order valence-corrected chi connectivity index (χ3v) is 17.9. The average molecular weight is 1080 g/mol. The molecule has 0 N–H and O–H groups in total. The number of anilines is 6. The number of nitriles is 2. The molecule has 0 saturated carbocycles. The van der Waals surface area contributed by atoms with Crippen LogP contribution in [0.3, 0.4) is 0 Å². The highest BCUT2D eigenvalue weighted by Crippen LogP contribution is 2.56. The Kier molecular flexibility index (Phi) is 11.3. The Hall–Kier alpha value is -10.8. The van der Waals surface area contributed by atoms with E-state index in [1.807, 2.05) is 24.3 Å². The summed E-state index contributed by atoms with van der Waals surface area (Å²) in [6.45, 7) is 9.31. The predicted octanol–water partition coefficient (Wildman–Crippen LogP) is 19.1. The zero-order chi connectivity index (χ0) is 57.2. The molecule has 0 atom stereocenters. The average Bonchev–Trinajstić information content (AvgIpc) is 1.63. The molecule has 3 heterocycles. The van der Waals surface area contributed by atoms with E-state index in [0.717, 1.165) is 112 Å². The predicted molar refractivity (Wildman–Crippen MR) is 339 cm³/mol. The van der Waals surface area contributed by atoms with Crippen molar-refractivity contribution in [3.05, 3.63) is 252 Å². The quantitative estimate of drug-likeness (QED) is 0.148. The monoisotopic (exact) mass is 1080 g/mol. The van der Waals surface area contributed by atoms with Crippen LogP contribution in [0.4, 0.5) is 34.1 Å². The molecular formula is C76H54N6O2. The van der Waals surface area contributed by atoms with Gasteiger partial charge in [-0.15, -0.1) is 0 Å². The molecule has 0 spiro atoms. The van der Waals surface area contributed by atoms with Crippen molar-refractivity contribution in [2.75, 3.05) is 24.0 Å². The van der Waals surface area contributed by atoms with Crippen LogP contribution in [0.1, 0.15) is 61.1 Å². The SMILES string of the molecule is COc1ccc(N2c3ccccc3C(C)(C)c3cc(-c4ccc(-c5ccc6c7c(ccc(-c8ccc(-c9ccc%10c(c9)C(C)(C)c9ccccc9N%10c9ccc(OC)cc9)cc8)c57)-c5nc7cc(C#N)c(C#N)cc7nc5-6)cc4)ccc32)cc1. The van der Waals surface area contributed by atoms with Crippen LogP contribution in [0.2, 0.25) is 0 Å². The summed E-state index contributed by atoms with van der Waals surface area (Å²) in [5.41, 5.74) is 25.4. The number of benzene rings is 11. The number of methoxy groups -OCH3 is 2. The molecule has 8 heteroatoms. The van der Waals surface area contributed by atoms with Crippen molar-refractivity contribution in [2.24, 2.45) is 0 Å². The molecule has 3 aliphatic rings. The Bertz CT molecular complexity index is 4520. The highest BCUT2D eigenvalue weighted by Gasteiger charge is 2.39. The number of fused-ring (bicyclic) bond motifs is 8. The fraction of sp³-hybridized carbons (Fsp3) is 0.105. The Morgan fingerprint density at radius 1 is 0.357 bits per heavy atom. The van der Waals surface area contributed by atoms with E-state index in [-0.39, 0.29) is 22.0 Å². The first-order valence-corrected chi connectivity index (χ1v) is 28.3. The second-order valence-corrected chi connectivity index (χ2v) is 23.1. The zero-order valence-electron chi connectivity index (χ0n) is 47.3. The van der Waals surface area contributed by atoms with Gasteiger partial charge in [0, 0.05) is 38.7 Å². The van der Waals surface area contributed by atoms with Gasteiger partial charge in [-0.1, -0.05) is 149 Å². The summed E-state index contributed by atoms with van der Waals surface area (Å²) in [5.74, 6) is 1.64. The van der Waals surface area contributed by atoms with Gasteiger partial charge in [0.15, 0.2) is 0 Å². The molecule has 84 heavy (non-hydrogen) atoms. The Labute approximate surface area is 488 Å². The van der Waals surface area contributed by atoms with Gasteiger partial charge in [0.2, 0.25) is 0 Å². The summed E-state index contributed by atoms with van der Waals surface area (Å²) >= 11 is 0. The number of nitrogens with zero attached hydrogens (tertiary/aromatic N) is 6. The Balaban J connectivity index is 0.840. The molecule has 0 radical (unpaired) electrons. The van der Waals surface area contributed by atoms with E-state index in [2.05, 4.69) is 232 Å². The molecule has 0 bridgehead atoms. The van der Waals surface area contributed by atoms with Gasteiger partial charge in [0.1, 0.15) is 23.6 Å². The van der Waals surface area contributed by atoms with E-state index in [0.29, 0.717) is 11.0 Å². The number of ether oxygens (including phenoxy) is 2. The maximum atomic E-state index is 9.98. The van der Waals surface area contributed by atoms with Crippen LogP contribution in [-0.2, 0) is 10.8 Å². The lowest BCUT2D eigenvalue weighted by Gasteiger charge is -2.42. The van der Waals surface area contributed by atoms with Gasteiger partial charge < -0.3 is 19.3 Å². The normalized spacial score (nSPS) is 13.7. The molecule has 1 aromatic heterocycles. The summed E-state index contributed by atoms with van der Waals surface area (Å²) in [6.07, 6.45) is 0. The van der Waals surface area contributed by atoms with Gasteiger partial charge >= 0.3 is 0 Å². The van der Waals surface area contributed by atoms with E-state index in [1.54, 1.807) is 26.4 Å². The van der Waals surface area contributed by atoms with Gasteiger partial charge in [0.05, 0.1) is 70.5 Å². The van der Waals surface area contributed by atoms with E-state index < -0.39 is 0 Å². The van der Waals surface area contributed by atoms with E-state index in [9.17, 15) is 10.5 Å². The maximum Gasteiger partial charge on any atom is 0.119 e. The zero-order valence-corrected chi connectivity index (χ0v) is 47.3. The van der Waals surface area contributed by atoms with Crippen LogP contribution >= 0.6 is 0 Å². The molecular weight excluding hydrogens is 1030 g/mol. The molecule has 2 aliphatic heterocycles. The minimum atomic E-state index is -0.266. The molecule has 0 amide bonds. The van der Waals surface area contributed by atoms with Crippen LogP contribution in [-0.4, -0.2) is 24.2 Å². The van der Waals surface area contributed by atoms with Gasteiger partial charge in [-0.25, -0.2) is 9.97 Å². The number of aromatic nitrogens is 2. The van der Waals surface area contributed by atoms with Crippen molar-refractivity contribution >= 4 is 55.9 Å². The van der Waals surface area contributed by atoms with Gasteiger partial charge in [0.25, 0.3) is 0 Å². The third-order valence-electron chi connectivity index (χ3n) is 17.9. The number of rotatable bonds is 8. The topological polar surface area (TPSA) is 98.3 Å². The lowest BCUT2D eigenvalue weighted by Crippen LogP contribution is -2.30. The number of hydrogen-bond donors (Lipinski definition) is 0. The minimum Gasteiger partial charge on any atom is -0.497 e. The molecule has 0 fully saturated rings. The van der Waals surface area contributed by atoms with Gasteiger partial charge in [-0.05, 0) is 169 Å². The van der Waals surface area contributed by atoms with Crippen LogP contribution in [0.25, 0.3) is 88.8 Å². The maximum absolute atomic E-state index is 9.98. The largest absolute Gasteiger partial charge is 0.497 e. The Morgan fingerprint density at radius 2 is 0.702 bits per heavy atom. The highest BCUT2D eigenvalue weighted by molar-refractivity contribution is 6.22. The molecule has 15 rings (SSSR count). The summed E-state index contributed by atoms with van der Waals surface area (Å²) in [5, 5.41) is 22.1. The fourth-order valence-electron chi connectivity index (χ4n) is 13.5. The van der Waals surface area contributed by atoms with Gasteiger partial charge in [-0.3, -0.25) is 0 Å². The molecule has 12 aromatic rings. The van der Waals surface area contributed by atoms with Crippen molar-refractivity contribution in [1.29, 1.82) is 10.5 Å². The molecule has 0 unspecified atom stereocenters. The second kappa shape index (κ2) is 18.9. The van der Waals surface area contributed by atoms with Crippen molar-refractivity contribution < 1.29 is 9.47 Å². The summed E-state index contributed by atoms with van der Waals surface area (Å²) in [7, 11) is 3.40. The van der Waals surface area contributed by atoms with Crippen molar-refractivity contribution in [1.82, 2.24) is 9.97 Å². The van der Waals surface area contributed by atoms with Crippen LogP contribution < -0.4 is 19.3 Å². The first-order valence-electron chi connectivity index (χ1n) is 28.3.